The summed E-state index contributed by atoms with van der Waals surface area (Å²) in [7, 11) is 0. The number of fused-ring (bicyclic) bond motifs is 1. The molecule has 1 aliphatic rings. The Hall–Kier alpha value is -4.22. The van der Waals surface area contributed by atoms with Crippen molar-refractivity contribution in [2.24, 2.45) is 0 Å². The van der Waals surface area contributed by atoms with Gasteiger partial charge in [-0.3, -0.25) is 4.98 Å². The van der Waals surface area contributed by atoms with Crippen LogP contribution in [0, 0.1) is 0 Å². The molecule has 0 spiro atoms. The van der Waals surface area contributed by atoms with E-state index in [1.165, 1.54) is 16.7 Å². The SMILES string of the molecule is CCc1cc2c(cc1-c1ccc(-c3nc(-c4ccccc4)nc(-c4ccccc4)n3)cn1)C(C)(C)OC2(C)C. The Labute approximate surface area is 230 Å². The first-order valence-electron chi connectivity index (χ1n) is 13.5. The minimum Gasteiger partial charge on any atom is -0.360 e. The van der Waals surface area contributed by atoms with Crippen LogP contribution in [0.1, 0.15) is 51.3 Å². The molecule has 3 heterocycles. The first kappa shape index (κ1) is 25.1. The number of rotatable bonds is 5. The molecule has 1 aliphatic heterocycles. The summed E-state index contributed by atoms with van der Waals surface area (Å²) >= 11 is 0. The summed E-state index contributed by atoms with van der Waals surface area (Å²) < 4.78 is 6.43. The topological polar surface area (TPSA) is 60.8 Å². The third kappa shape index (κ3) is 4.64. The van der Waals surface area contributed by atoms with E-state index in [-0.39, 0.29) is 11.2 Å². The van der Waals surface area contributed by atoms with Gasteiger partial charge in [0.1, 0.15) is 0 Å². The Morgan fingerprint density at radius 3 is 1.62 bits per heavy atom. The molecule has 5 aromatic rings. The molecule has 0 amide bonds. The minimum absolute atomic E-state index is 0.315. The second-order valence-electron chi connectivity index (χ2n) is 11.0. The van der Waals surface area contributed by atoms with E-state index in [1.54, 1.807) is 0 Å². The normalized spacial score (nSPS) is 15.2. The summed E-state index contributed by atoms with van der Waals surface area (Å²) in [5.41, 5.74) is 7.89. The molecule has 5 heteroatoms. The summed E-state index contributed by atoms with van der Waals surface area (Å²) in [5.74, 6) is 1.88. The number of hydrogen-bond donors (Lipinski definition) is 0. The first-order chi connectivity index (χ1) is 18.7. The predicted octanol–water partition coefficient (Wildman–Crippen LogP) is 8.00. The average molecular weight is 513 g/mol. The molecule has 0 saturated heterocycles. The molecule has 0 saturated carbocycles. The largest absolute Gasteiger partial charge is 0.360 e. The van der Waals surface area contributed by atoms with E-state index in [9.17, 15) is 0 Å². The number of aryl methyl sites for hydroxylation is 1. The van der Waals surface area contributed by atoms with E-state index < -0.39 is 0 Å². The summed E-state index contributed by atoms with van der Waals surface area (Å²) in [6.07, 6.45) is 2.78. The summed E-state index contributed by atoms with van der Waals surface area (Å²) in [6, 6.07) is 28.7. The van der Waals surface area contributed by atoms with Crippen molar-refractivity contribution in [1.29, 1.82) is 0 Å². The van der Waals surface area contributed by atoms with Crippen molar-refractivity contribution in [2.75, 3.05) is 0 Å². The maximum Gasteiger partial charge on any atom is 0.165 e. The Kier molecular flexibility index (Phi) is 6.12. The predicted molar refractivity (Wildman–Crippen MR) is 156 cm³/mol. The third-order valence-electron chi connectivity index (χ3n) is 7.43. The van der Waals surface area contributed by atoms with Gasteiger partial charge in [0.25, 0.3) is 0 Å². The highest BCUT2D eigenvalue weighted by molar-refractivity contribution is 5.71. The van der Waals surface area contributed by atoms with Crippen LogP contribution in [0.15, 0.2) is 91.1 Å². The summed E-state index contributed by atoms with van der Waals surface area (Å²) in [6.45, 7) is 10.8. The first-order valence-corrected chi connectivity index (χ1v) is 13.5. The number of aromatic nitrogens is 4. The zero-order valence-electron chi connectivity index (χ0n) is 23.1. The summed E-state index contributed by atoms with van der Waals surface area (Å²) in [4.78, 5) is 19.4. The van der Waals surface area contributed by atoms with Crippen molar-refractivity contribution >= 4 is 0 Å². The van der Waals surface area contributed by atoms with Gasteiger partial charge in [0.15, 0.2) is 17.5 Å². The van der Waals surface area contributed by atoms with Gasteiger partial charge in [0, 0.05) is 28.5 Å². The number of pyridine rings is 1. The Balaban J connectivity index is 1.43. The number of ether oxygens (including phenoxy) is 1. The van der Waals surface area contributed by atoms with Crippen molar-refractivity contribution in [3.8, 4) is 45.4 Å². The van der Waals surface area contributed by atoms with Crippen LogP contribution in [-0.4, -0.2) is 19.9 Å². The molecule has 0 fully saturated rings. The highest BCUT2D eigenvalue weighted by Gasteiger charge is 2.43. The fraction of sp³-hybridized carbons (Fsp3) is 0.235. The molecule has 3 aromatic carbocycles. The van der Waals surface area contributed by atoms with Crippen molar-refractivity contribution in [3.05, 3.63) is 108 Å². The zero-order chi connectivity index (χ0) is 27.2. The van der Waals surface area contributed by atoms with Crippen LogP contribution in [0.5, 0.6) is 0 Å². The molecule has 0 N–H and O–H groups in total. The van der Waals surface area contributed by atoms with E-state index in [1.807, 2.05) is 66.9 Å². The monoisotopic (exact) mass is 512 g/mol. The van der Waals surface area contributed by atoms with E-state index in [4.69, 9.17) is 24.7 Å². The van der Waals surface area contributed by atoms with E-state index in [0.29, 0.717) is 17.5 Å². The van der Waals surface area contributed by atoms with Gasteiger partial charge < -0.3 is 4.74 Å². The highest BCUT2D eigenvalue weighted by atomic mass is 16.5. The molecule has 0 bridgehead atoms. The van der Waals surface area contributed by atoms with Gasteiger partial charge in [0.05, 0.1) is 16.9 Å². The lowest BCUT2D eigenvalue weighted by atomic mass is 9.85. The maximum atomic E-state index is 6.43. The molecule has 0 aliphatic carbocycles. The minimum atomic E-state index is -0.355. The van der Waals surface area contributed by atoms with Crippen molar-refractivity contribution in [2.45, 2.75) is 52.2 Å². The Morgan fingerprint density at radius 1 is 0.615 bits per heavy atom. The number of nitrogens with zero attached hydrogens (tertiary/aromatic N) is 4. The van der Waals surface area contributed by atoms with Crippen LogP contribution in [-0.2, 0) is 22.4 Å². The fourth-order valence-electron chi connectivity index (χ4n) is 5.54. The molecule has 0 unspecified atom stereocenters. The molecule has 194 valence electrons. The molecule has 6 rings (SSSR count). The molecule has 2 aromatic heterocycles. The standard InChI is InChI=1S/C34H32N4O/c1-6-22-19-27-28(34(4,5)39-33(27,2)3)20-26(22)29-18-17-25(21-35-29)32-37-30(23-13-9-7-10-14-23)36-31(38-32)24-15-11-8-12-16-24/h7-21H,6H2,1-5H3. The average Bonchev–Trinajstić information content (AvgIpc) is 3.15. The molecule has 0 radical (unpaired) electrons. The van der Waals surface area contributed by atoms with Crippen LogP contribution < -0.4 is 0 Å². The van der Waals surface area contributed by atoms with Crippen molar-refractivity contribution < 1.29 is 4.74 Å². The van der Waals surface area contributed by atoms with Crippen LogP contribution in [0.2, 0.25) is 0 Å². The smallest absolute Gasteiger partial charge is 0.165 e. The van der Waals surface area contributed by atoms with Gasteiger partial charge in [0.2, 0.25) is 0 Å². The van der Waals surface area contributed by atoms with Crippen LogP contribution >= 0.6 is 0 Å². The van der Waals surface area contributed by atoms with Gasteiger partial charge >= 0.3 is 0 Å². The lowest BCUT2D eigenvalue weighted by Gasteiger charge is -2.24. The molecular formula is C34H32N4O. The van der Waals surface area contributed by atoms with Gasteiger partial charge in [-0.25, -0.2) is 15.0 Å². The van der Waals surface area contributed by atoms with E-state index in [2.05, 4.69) is 58.9 Å². The fourth-order valence-corrected chi connectivity index (χ4v) is 5.54. The Morgan fingerprint density at radius 2 is 1.13 bits per heavy atom. The van der Waals surface area contributed by atoms with E-state index in [0.717, 1.165) is 34.4 Å². The number of benzene rings is 3. The second-order valence-corrected chi connectivity index (χ2v) is 11.0. The molecule has 0 atom stereocenters. The lowest BCUT2D eigenvalue weighted by molar-refractivity contribution is -0.105. The quantitative estimate of drug-likeness (QED) is 0.239. The highest BCUT2D eigenvalue weighted by Crippen LogP contribution is 2.48. The van der Waals surface area contributed by atoms with Gasteiger partial charge in [-0.2, -0.15) is 0 Å². The lowest BCUT2D eigenvalue weighted by Crippen LogP contribution is -2.22. The molecule has 5 nitrogen and oxygen atoms in total. The Bertz CT molecular complexity index is 1590. The second kappa shape index (κ2) is 9.51. The van der Waals surface area contributed by atoms with Crippen LogP contribution in [0.25, 0.3) is 45.4 Å². The third-order valence-corrected chi connectivity index (χ3v) is 7.43. The zero-order valence-corrected chi connectivity index (χ0v) is 23.1. The molecule has 39 heavy (non-hydrogen) atoms. The molecular weight excluding hydrogens is 480 g/mol. The van der Waals surface area contributed by atoms with E-state index >= 15 is 0 Å². The van der Waals surface area contributed by atoms with Gasteiger partial charge in [-0.05, 0) is 69.0 Å². The van der Waals surface area contributed by atoms with Crippen LogP contribution in [0.4, 0.5) is 0 Å². The number of hydrogen-bond acceptors (Lipinski definition) is 5. The van der Waals surface area contributed by atoms with Crippen molar-refractivity contribution in [3.63, 3.8) is 0 Å². The van der Waals surface area contributed by atoms with Crippen molar-refractivity contribution in [1.82, 2.24) is 19.9 Å². The summed E-state index contributed by atoms with van der Waals surface area (Å²) in [5, 5.41) is 0. The van der Waals surface area contributed by atoms with Gasteiger partial charge in [-0.15, -0.1) is 0 Å². The van der Waals surface area contributed by atoms with Crippen LogP contribution in [0.3, 0.4) is 0 Å². The maximum absolute atomic E-state index is 6.43. The van der Waals surface area contributed by atoms with Gasteiger partial charge in [-0.1, -0.05) is 73.7 Å².